The molecule has 0 atom stereocenters. The molecule has 0 unspecified atom stereocenters. The van der Waals surface area contributed by atoms with Crippen molar-refractivity contribution in [2.75, 3.05) is 0 Å². The number of pyridine rings is 1. The highest BCUT2D eigenvalue weighted by molar-refractivity contribution is 6.03. The Hall–Kier alpha value is -2.10. The third-order valence-electron chi connectivity index (χ3n) is 4.01. The second-order valence-corrected chi connectivity index (χ2v) is 5.11. The molecule has 1 aliphatic rings. The second-order valence-electron chi connectivity index (χ2n) is 5.11. The van der Waals surface area contributed by atoms with Gasteiger partial charge in [-0.15, -0.1) is 0 Å². The van der Waals surface area contributed by atoms with Crippen molar-refractivity contribution in [3.05, 3.63) is 65.5 Å². The molecule has 0 aliphatic heterocycles. The Morgan fingerprint density at radius 2 is 1.90 bits per heavy atom. The van der Waals surface area contributed by atoms with Crippen LogP contribution in [0.25, 0.3) is 0 Å². The number of carbonyl (C=O) groups excluding carboxylic acids is 1. The van der Waals surface area contributed by atoms with Crippen molar-refractivity contribution in [3.63, 3.8) is 0 Å². The van der Waals surface area contributed by atoms with Gasteiger partial charge in [-0.1, -0.05) is 18.6 Å². The number of carbonyl (C=O) groups is 1. The lowest BCUT2D eigenvalue weighted by atomic mass is 9.61. The van der Waals surface area contributed by atoms with Gasteiger partial charge in [0.25, 0.3) is 0 Å². The summed E-state index contributed by atoms with van der Waals surface area (Å²) >= 11 is 0. The molecule has 1 heterocycles. The first-order chi connectivity index (χ1) is 9.63. The van der Waals surface area contributed by atoms with Crippen LogP contribution in [-0.4, -0.2) is 10.8 Å². The molecule has 2 nitrogen and oxygen atoms in total. The highest BCUT2D eigenvalue weighted by Gasteiger charge is 2.46. The van der Waals surface area contributed by atoms with Crippen LogP contribution in [0.2, 0.25) is 0 Å². The molecule has 2 aromatic rings. The van der Waals surface area contributed by atoms with Crippen LogP contribution in [0.1, 0.15) is 35.3 Å². The fraction of sp³-hybridized carbons (Fsp3) is 0.250. The van der Waals surface area contributed by atoms with Crippen LogP contribution < -0.4 is 0 Å². The quantitative estimate of drug-likeness (QED) is 0.799. The minimum Gasteiger partial charge on any atom is -0.291 e. The maximum Gasteiger partial charge on any atom is 0.191 e. The number of aromatic nitrogens is 1. The van der Waals surface area contributed by atoms with Crippen LogP contribution in [0.5, 0.6) is 0 Å². The molecule has 1 aliphatic carbocycles. The second kappa shape index (κ2) is 4.78. The van der Waals surface area contributed by atoms with Crippen molar-refractivity contribution in [2.24, 2.45) is 0 Å². The lowest BCUT2D eigenvalue weighted by Gasteiger charge is -2.40. The average molecular weight is 273 g/mol. The van der Waals surface area contributed by atoms with Gasteiger partial charge >= 0.3 is 0 Å². The van der Waals surface area contributed by atoms with Gasteiger partial charge in [0, 0.05) is 6.20 Å². The van der Waals surface area contributed by atoms with E-state index < -0.39 is 17.0 Å². The summed E-state index contributed by atoms with van der Waals surface area (Å²) in [5.74, 6) is -1.92. The number of hydrogen-bond acceptors (Lipinski definition) is 2. The van der Waals surface area contributed by atoms with E-state index in [1.807, 2.05) is 0 Å². The Kier molecular flexibility index (Phi) is 3.08. The van der Waals surface area contributed by atoms with Gasteiger partial charge in [0.05, 0.1) is 5.41 Å². The smallest absolute Gasteiger partial charge is 0.191 e. The normalized spacial score (nSPS) is 16.5. The molecule has 0 N–H and O–H groups in total. The zero-order valence-corrected chi connectivity index (χ0v) is 10.8. The van der Waals surface area contributed by atoms with Gasteiger partial charge in [0.2, 0.25) is 0 Å². The molecule has 0 amide bonds. The summed E-state index contributed by atoms with van der Waals surface area (Å²) in [6.45, 7) is 0. The SMILES string of the molecule is O=C(c1ccccn1)C1(c2ccc(F)c(F)c2)CCC1. The van der Waals surface area contributed by atoms with E-state index in [0.29, 0.717) is 24.1 Å². The van der Waals surface area contributed by atoms with E-state index in [0.717, 1.165) is 18.6 Å². The number of hydrogen-bond donors (Lipinski definition) is 0. The molecule has 102 valence electrons. The minimum atomic E-state index is -0.914. The molecule has 0 bridgehead atoms. The predicted octanol–water partition coefficient (Wildman–Crippen LogP) is 3.66. The van der Waals surface area contributed by atoms with Gasteiger partial charge in [-0.2, -0.15) is 0 Å². The summed E-state index contributed by atoms with van der Waals surface area (Å²) in [6, 6.07) is 8.85. The Morgan fingerprint density at radius 1 is 1.10 bits per heavy atom. The van der Waals surface area contributed by atoms with Crippen molar-refractivity contribution in [3.8, 4) is 0 Å². The van der Waals surface area contributed by atoms with Crippen LogP contribution in [0, 0.1) is 11.6 Å². The summed E-state index contributed by atoms with van der Waals surface area (Å²) in [5.41, 5.74) is 0.165. The zero-order valence-electron chi connectivity index (χ0n) is 10.8. The van der Waals surface area contributed by atoms with Crippen LogP contribution in [0.15, 0.2) is 42.6 Å². The molecule has 3 rings (SSSR count). The van der Waals surface area contributed by atoms with Crippen molar-refractivity contribution >= 4 is 5.78 Å². The van der Waals surface area contributed by atoms with Gasteiger partial charge in [0.15, 0.2) is 17.4 Å². The zero-order chi connectivity index (χ0) is 14.2. The van der Waals surface area contributed by atoms with E-state index in [1.165, 1.54) is 6.07 Å². The fourth-order valence-corrected chi connectivity index (χ4v) is 2.71. The summed E-state index contributed by atoms with van der Waals surface area (Å²) < 4.78 is 26.5. The number of ketones is 1. The Labute approximate surface area is 115 Å². The van der Waals surface area contributed by atoms with E-state index in [1.54, 1.807) is 24.4 Å². The monoisotopic (exact) mass is 273 g/mol. The third-order valence-corrected chi connectivity index (χ3v) is 4.01. The average Bonchev–Trinajstić information content (AvgIpc) is 2.42. The number of benzene rings is 1. The fourth-order valence-electron chi connectivity index (χ4n) is 2.71. The van der Waals surface area contributed by atoms with Gasteiger partial charge in [-0.3, -0.25) is 9.78 Å². The predicted molar refractivity (Wildman–Crippen MR) is 70.5 cm³/mol. The van der Waals surface area contributed by atoms with Crippen LogP contribution in [-0.2, 0) is 5.41 Å². The third kappa shape index (κ3) is 1.92. The standard InChI is InChI=1S/C16H13F2NO/c17-12-6-5-11(10-13(12)18)16(7-3-8-16)15(20)14-4-1-2-9-19-14/h1-2,4-6,9-10H,3,7-8H2. The molecule has 1 fully saturated rings. The first-order valence-electron chi connectivity index (χ1n) is 6.55. The van der Waals surface area contributed by atoms with E-state index in [9.17, 15) is 13.6 Å². The molecular weight excluding hydrogens is 260 g/mol. The van der Waals surface area contributed by atoms with Crippen molar-refractivity contribution in [2.45, 2.75) is 24.7 Å². The van der Waals surface area contributed by atoms with Crippen molar-refractivity contribution in [1.82, 2.24) is 4.98 Å². The first kappa shape index (κ1) is 12.9. The van der Waals surface area contributed by atoms with Gasteiger partial charge in [-0.05, 0) is 42.7 Å². The topological polar surface area (TPSA) is 30.0 Å². The summed E-state index contributed by atoms with van der Waals surface area (Å²) in [6.07, 6.45) is 3.75. The van der Waals surface area contributed by atoms with Gasteiger partial charge in [0.1, 0.15) is 5.69 Å². The molecule has 0 radical (unpaired) electrons. The highest BCUT2D eigenvalue weighted by Crippen LogP contribution is 2.46. The molecular formula is C16H13F2NO. The Morgan fingerprint density at radius 3 is 2.45 bits per heavy atom. The first-order valence-corrected chi connectivity index (χ1v) is 6.55. The Balaban J connectivity index is 2.03. The molecule has 1 aromatic heterocycles. The van der Waals surface area contributed by atoms with E-state index in [4.69, 9.17) is 0 Å². The highest BCUT2D eigenvalue weighted by atomic mass is 19.2. The van der Waals surface area contributed by atoms with Gasteiger partial charge < -0.3 is 0 Å². The van der Waals surface area contributed by atoms with E-state index >= 15 is 0 Å². The van der Waals surface area contributed by atoms with Crippen LogP contribution in [0.4, 0.5) is 8.78 Å². The largest absolute Gasteiger partial charge is 0.291 e. The molecule has 4 heteroatoms. The number of halogens is 2. The van der Waals surface area contributed by atoms with Crippen molar-refractivity contribution in [1.29, 1.82) is 0 Å². The molecule has 1 saturated carbocycles. The maximum atomic E-state index is 13.4. The van der Waals surface area contributed by atoms with Crippen molar-refractivity contribution < 1.29 is 13.6 Å². The van der Waals surface area contributed by atoms with Crippen LogP contribution >= 0.6 is 0 Å². The maximum absolute atomic E-state index is 13.4. The van der Waals surface area contributed by atoms with E-state index in [2.05, 4.69) is 4.98 Å². The minimum absolute atomic E-state index is 0.115. The summed E-state index contributed by atoms with van der Waals surface area (Å²) in [7, 11) is 0. The lowest BCUT2D eigenvalue weighted by Crippen LogP contribution is -2.43. The molecule has 20 heavy (non-hydrogen) atoms. The molecule has 0 saturated heterocycles. The molecule has 0 spiro atoms. The number of Topliss-reactive ketones (excluding diaryl/α,β-unsaturated/α-hetero) is 1. The summed E-state index contributed by atoms with van der Waals surface area (Å²) in [4.78, 5) is 16.7. The van der Waals surface area contributed by atoms with Crippen LogP contribution in [0.3, 0.4) is 0 Å². The number of nitrogens with zero attached hydrogens (tertiary/aromatic N) is 1. The summed E-state index contributed by atoms with van der Waals surface area (Å²) in [5, 5.41) is 0. The van der Waals surface area contributed by atoms with Gasteiger partial charge in [-0.25, -0.2) is 8.78 Å². The van der Waals surface area contributed by atoms with E-state index in [-0.39, 0.29) is 5.78 Å². The lowest BCUT2D eigenvalue weighted by molar-refractivity contribution is 0.0782. The Bertz CT molecular complexity index is 651. The molecule has 1 aromatic carbocycles. The number of rotatable bonds is 3.